The fourth-order valence-corrected chi connectivity index (χ4v) is 5.99. The van der Waals surface area contributed by atoms with Gasteiger partial charge in [-0.2, -0.15) is 0 Å². The van der Waals surface area contributed by atoms with Gasteiger partial charge in [-0.1, -0.05) is 19.1 Å². The first-order chi connectivity index (χ1) is 15.1. The molecule has 0 saturated heterocycles. The van der Waals surface area contributed by atoms with Gasteiger partial charge in [-0.15, -0.1) is 11.3 Å². The predicted molar refractivity (Wildman–Crippen MR) is 129 cm³/mol. The van der Waals surface area contributed by atoms with Crippen LogP contribution in [0.2, 0.25) is 0 Å². The highest BCUT2D eigenvalue weighted by molar-refractivity contribution is 9.10. The molecule has 1 amide bonds. The molecule has 6 heteroatoms. The lowest BCUT2D eigenvalue weighted by atomic mass is 9.95. The van der Waals surface area contributed by atoms with Crippen molar-refractivity contribution in [2.45, 2.75) is 25.8 Å². The molecule has 158 valence electrons. The summed E-state index contributed by atoms with van der Waals surface area (Å²) in [6.07, 6.45) is 1.77. The number of H-pyrrole nitrogens is 1. The Kier molecular flexibility index (Phi) is 5.36. The summed E-state index contributed by atoms with van der Waals surface area (Å²) in [5, 5.41) is 3.25. The molecule has 1 aliphatic rings. The Hall–Kier alpha value is -2.57. The van der Waals surface area contributed by atoms with Crippen molar-refractivity contribution in [2.24, 2.45) is 0 Å². The first-order valence-electron chi connectivity index (χ1n) is 10.4. The quantitative estimate of drug-likeness (QED) is 0.359. The molecule has 1 atom stereocenters. The summed E-state index contributed by atoms with van der Waals surface area (Å²) >= 11 is 5.26. The molecule has 0 saturated carbocycles. The minimum Gasteiger partial charge on any atom is -0.497 e. The summed E-state index contributed by atoms with van der Waals surface area (Å²) in [5.41, 5.74) is 5.42. The molecule has 5 rings (SSSR count). The molecule has 0 spiro atoms. The zero-order chi connectivity index (χ0) is 21.5. The Bertz CT molecular complexity index is 1260. The number of aromatic amines is 1. The van der Waals surface area contributed by atoms with E-state index in [2.05, 4.69) is 63.5 Å². The summed E-state index contributed by atoms with van der Waals surface area (Å²) in [5.74, 6) is 0.915. The number of fused-ring (bicyclic) bond motifs is 3. The second-order valence-electron chi connectivity index (χ2n) is 7.80. The molecular formula is C25H23BrN2O2S. The van der Waals surface area contributed by atoms with Crippen LogP contribution in [-0.4, -0.2) is 29.4 Å². The average molecular weight is 495 g/mol. The second-order valence-corrected chi connectivity index (χ2v) is 9.66. The van der Waals surface area contributed by atoms with Gasteiger partial charge in [0.1, 0.15) is 11.8 Å². The van der Waals surface area contributed by atoms with Crippen molar-refractivity contribution in [1.82, 2.24) is 9.88 Å². The number of nitrogens with zero attached hydrogens (tertiary/aromatic N) is 1. The van der Waals surface area contributed by atoms with Crippen LogP contribution in [0.15, 0.2) is 58.4 Å². The first kappa shape index (κ1) is 20.3. The van der Waals surface area contributed by atoms with Gasteiger partial charge in [-0.05, 0) is 76.3 Å². The van der Waals surface area contributed by atoms with Gasteiger partial charge in [-0.3, -0.25) is 4.79 Å². The number of thiophene rings is 1. The minimum atomic E-state index is -0.142. The lowest BCUT2D eigenvalue weighted by Gasteiger charge is -2.35. The Balaban J connectivity index is 1.62. The lowest BCUT2D eigenvalue weighted by Crippen LogP contribution is -2.40. The maximum Gasteiger partial charge on any atom is 0.254 e. The molecule has 0 radical (unpaired) electrons. The monoisotopic (exact) mass is 494 g/mol. The smallest absolute Gasteiger partial charge is 0.254 e. The maximum absolute atomic E-state index is 13.6. The van der Waals surface area contributed by atoms with Crippen molar-refractivity contribution in [3.63, 3.8) is 0 Å². The van der Waals surface area contributed by atoms with E-state index < -0.39 is 0 Å². The van der Waals surface area contributed by atoms with Gasteiger partial charge in [0.2, 0.25) is 0 Å². The SMILES string of the molecule is CCc1ccc(C(=O)N2CCc3c([nH]c4ccc(OC)cc34)[C@@H]2c2cc(Br)cs2)cc1. The topological polar surface area (TPSA) is 45.3 Å². The van der Waals surface area contributed by atoms with E-state index in [1.807, 2.05) is 23.1 Å². The highest BCUT2D eigenvalue weighted by Gasteiger charge is 2.35. The molecule has 1 N–H and O–H groups in total. The number of nitrogens with one attached hydrogen (secondary N) is 1. The lowest BCUT2D eigenvalue weighted by molar-refractivity contribution is 0.0694. The van der Waals surface area contributed by atoms with Gasteiger partial charge in [-0.25, -0.2) is 0 Å². The maximum atomic E-state index is 13.6. The fraction of sp³-hybridized carbons (Fsp3) is 0.240. The number of aryl methyl sites for hydroxylation is 1. The van der Waals surface area contributed by atoms with Crippen LogP contribution in [0.5, 0.6) is 5.75 Å². The second kappa shape index (κ2) is 8.17. The van der Waals surface area contributed by atoms with Crippen LogP contribution in [0.3, 0.4) is 0 Å². The van der Waals surface area contributed by atoms with Crippen LogP contribution in [-0.2, 0) is 12.8 Å². The normalized spacial score (nSPS) is 15.8. The van der Waals surface area contributed by atoms with Gasteiger partial charge in [0.25, 0.3) is 5.91 Å². The number of rotatable bonds is 4. The van der Waals surface area contributed by atoms with Crippen molar-refractivity contribution in [2.75, 3.05) is 13.7 Å². The van der Waals surface area contributed by atoms with Gasteiger partial charge in [0.15, 0.2) is 0 Å². The minimum absolute atomic E-state index is 0.0686. The number of hydrogen-bond acceptors (Lipinski definition) is 3. The molecule has 3 heterocycles. The molecule has 0 bridgehead atoms. The van der Waals surface area contributed by atoms with Crippen LogP contribution < -0.4 is 4.74 Å². The van der Waals surface area contributed by atoms with Gasteiger partial charge < -0.3 is 14.6 Å². The van der Waals surface area contributed by atoms with E-state index in [0.717, 1.165) is 44.7 Å². The van der Waals surface area contributed by atoms with Crippen LogP contribution in [0.4, 0.5) is 0 Å². The van der Waals surface area contributed by atoms with Crippen molar-refractivity contribution in [3.05, 3.63) is 85.6 Å². The third-order valence-corrected chi connectivity index (χ3v) is 7.81. The van der Waals surface area contributed by atoms with Crippen LogP contribution in [0.1, 0.15) is 45.0 Å². The summed E-state index contributed by atoms with van der Waals surface area (Å²) in [7, 11) is 1.69. The van der Waals surface area contributed by atoms with Crippen molar-refractivity contribution in [1.29, 1.82) is 0 Å². The summed E-state index contributed by atoms with van der Waals surface area (Å²) < 4.78 is 6.49. The largest absolute Gasteiger partial charge is 0.497 e. The number of aromatic nitrogens is 1. The standard InChI is InChI=1S/C25H23BrN2O2S/c1-3-15-4-6-16(7-5-15)25(29)28-11-10-19-20-13-18(30-2)8-9-21(20)27-23(19)24(28)22-12-17(26)14-31-22/h4-9,12-14,24,27H,3,10-11H2,1-2H3/t24-/m0/s1. The fourth-order valence-electron chi connectivity index (χ4n) is 4.43. The highest BCUT2D eigenvalue weighted by Crippen LogP contribution is 2.42. The number of ether oxygens (including phenoxy) is 1. The molecule has 0 unspecified atom stereocenters. The molecule has 0 aliphatic carbocycles. The molecular weight excluding hydrogens is 472 g/mol. The van der Waals surface area contributed by atoms with Crippen LogP contribution in [0, 0.1) is 0 Å². The Morgan fingerprint density at radius 1 is 1.23 bits per heavy atom. The molecule has 31 heavy (non-hydrogen) atoms. The highest BCUT2D eigenvalue weighted by atomic mass is 79.9. The first-order valence-corrected chi connectivity index (χ1v) is 12.1. The van der Waals surface area contributed by atoms with Crippen molar-refractivity contribution in [3.8, 4) is 5.75 Å². The van der Waals surface area contributed by atoms with E-state index >= 15 is 0 Å². The Morgan fingerprint density at radius 2 is 2.03 bits per heavy atom. The predicted octanol–water partition coefficient (Wildman–Crippen LogP) is 6.35. The van der Waals surface area contributed by atoms with Gasteiger partial charge >= 0.3 is 0 Å². The number of halogens is 1. The Morgan fingerprint density at radius 3 is 2.71 bits per heavy atom. The van der Waals surface area contributed by atoms with E-state index in [1.165, 1.54) is 16.5 Å². The molecule has 2 aromatic heterocycles. The van der Waals surface area contributed by atoms with E-state index in [1.54, 1.807) is 18.4 Å². The van der Waals surface area contributed by atoms with E-state index in [9.17, 15) is 4.79 Å². The van der Waals surface area contributed by atoms with E-state index in [-0.39, 0.29) is 11.9 Å². The van der Waals surface area contributed by atoms with Crippen molar-refractivity contribution >= 4 is 44.1 Å². The number of hydrogen-bond donors (Lipinski definition) is 1. The van der Waals surface area contributed by atoms with E-state index in [0.29, 0.717) is 6.54 Å². The zero-order valence-electron chi connectivity index (χ0n) is 17.4. The van der Waals surface area contributed by atoms with E-state index in [4.69, 9.17) is 4.74 Å². The molecule has 4 aromatic rings. The third kappa shape index (κ3) is 3.58. The summed E-state index contributed by atoms with van der Waals surface area (Å²) in [6.45, 7) is 2.80. The number of methoxy groups -OCH3 is 1. The van der Waals surface area contributed by atoms with Crippen LogP contribution >= 0.6 is 27.3 Å². The summed E-state index contributed by atoms with van der Waals surface area (Å²) in [6, 6.07) is 16.1. The Labute approximate surface area is 194 Å². The molecule has 1 aliphatic heterocycles. The number of amides is 1. The third-order valence-electron chi connectivity index (χ3n) is 6.06. The van der Waals surface area contributed by atoms with Gasteiger partial charge in [0, 0.05) is 43.4 Å². The van der Waals surface area contributed by atoms with Crippen LogP contribution in [0.25, 0.3) is 10.9 Å². The number of carbonyl (C=O) groups is 1. The number of benzene rings is 2. The zero-order valence-corrected chi connectivity index (χ0v) is 19.8. The van der Waals surface area contributed by atoms with Crippen molar-refractivity contribution < 1.29 is 9.53 Å². The molecule has 4 nitrogen and oxygen atoms in total. The van der Waals surface area contributed by atoms with Gasteiger partial charge in [0.05, 0.1) is 7.11 Å². The average Bonchev–Trinajstić information content (AvgIpc) is 3.40. The summed E-state index contributed by atoms with van der Waals surface area (Å²) in [4.78, 5) is 20.4. The molecule has 2 aromatic carbocycles. The molecule has 0 fully saturated rings. The number of carbonyl (C=O) groups excluding carboxylic acids is 1.